The Hall–Kier alpha value is -1.68. The Labute approximate surface area is 226 Å². The molecule has 1 aliphatic carbocycles. The molecule has 2 aliphatic heterocycles. The highest BCUT2D eigenvalue weighted by atomic mass is 35.5. The van der Waals surface area contributed by atoms with Crippen LogP contribution >= 0.6 is 23.4 Å². The lowest BCUT2D eigenvalue weighted by molar-refractivity contribution is -0.132. The van der Waals surface area contributed by atoms with Gasteiger partial charge in [0.05, 0.1) is 0 Å². The molecule has 204 valence electrons. The third-order valence-corrected chi connectivity index (χ3v) is 8.21. The van der Waals surface area contributed by atoms with Crippen molar-refractivity contribution in [3.63, 3.8) is 0 Å². The van der Waals surface area contributed by atoms with Crippen molar-refractivity contribution in [2.24, 2.45) is 0 Å². The lowest BCUT2D eigenvalue weighted by Gasteiger charge is -2.36. The van der Waals surface area contributed by atoms with Crippen LogP contribution in [0.2, 0.25) is 5.02 Å². The van der Waals surface area contributed by atoms with Crippen molar-refractivity contribution in [3.05, 3.63) is 52.4 Å². The number of anilines is 1. The van der Waals surface area contributed by atoms with E-state index < -0.39 is 5.51 Å². The van der Waals surface area contributed by atoms with Crippen LogP contribution in [0.25, 0.3) is 0 Å². The van der Waals surface area contributed by atoms with Gasteiger partial charge in [-0.2, -0.15) is 13.2 Å². The van der Waals surface area contributed by atoms with Gasteiger partial charge in [0.2, 0.25) is 5.91 Å². The van der Waals surface area contributed by atoms with Crippen LogP contribution in [0.5, 0.6) is 0 Å². The van der Waals surface area contributed by atoms with Gasteiger partial charge >= 0.3 is 5.51 Å². The van der Waals surface area contributed by atoms with E-state index in [1.807, 2.05) is 35.2 Å². The van der Waals surface area contributed by atoms with E-state index in [1.165, 1.54) is 0 Å². The molecular formula is C27H36ClF3N4OS. The number of hydrogen-bond donors (Lipinski definition) is 2. The number of nitrogens with zero attached hydrogens (tertiary/aromatic N) is 2. The number of nitrogens with one attached hydrogen (secondary N) is 2. The molecule has 2 heterocycles. The first-order valence-electron chi connectivity index (χ1n) is 13.2. The summed E-state index contributed by atoms with van der Waals surface area (Å²) in [7, 11) is 0. The summed E-state index contributed by atoms with van der Waals surface area (Å²) in [5.74, 6) is 0.203. The summed E-state index contributed by atoms with van der Waals surface area (Å²) in [5, 5.41) is 7.85. The SMILES string of the molecule is O=C(CCCN1CCC(Nc2ccc(Cl)cc2)CC1)N1CCCC(NC2C=CC(SC(F)(F)F)=CC2)C1. The number of benzene rings is 1. The van der Waals surface area contributed by atoms with Gasteiger partial charge in [0.15, 0.2) is 0 Å². The van der Waals surface area contributed by atoms with Crippen molar-refractivity contribution < 1.29 is 18.0 Å². The second kappa shape index (κ2) is 13.4. The van der Waals surface area contributed by atoms with Crippen molar-refractivity contribution in [1.82, 2.24) is 15.1 Å². The van der Waals surface area contributed by atoms with Crippen LogP contribution in [0.1, 0.15) is 44.9 Å². The number of hydrogen-bond acceptors (Lipinski definition) is 5. The maximum atomic E-state index is 12.9. The molecule has 10 heteroatoms. The Morgan fingerprint density at radius 1 is 1.08 bits per heavy atom. The monoisotopic (exact) mass is 556 g/mol. The number of piperidine rings is 2. The van der Waals surface area contributed by atoms with E-state index in [9.17, 15) is 18.0 Å². The summed E-state index contributed by atoms with van der Waals surface area (Å²) in [6, 6.07) is 8.46. The second-order valence-corrected chi connectivity index (χ2v) is 11.6. The van der Waals surface area contributed by atoms with Crippen molar-refractivity contribution in [2.75, 3.05) is 38.0 Å². The molecule has 0 aromatic heterocycles. The van der Waals surface area contributed by atoms with Gasteiger partial charge in [0.1, 0.15) is 0 Å². The number of carbonyl (C=O) groups is 1. The van der Waals surface area contributed by atoms with Crippen LogP contribution in [0.4, 0.5) is 18.9 Å². The average molecular weight is 557 g/mol. The van der Waals surface area contributed by atoms with Crippen LogP contribution in [0.15, 0.2) is 47.4 Å². The van der Waals surface area contributed by atoms with E-state index in [2.05, 4.69) is 15.5 Å². The van der Waals surface area contributed by atoms with Crippen LogP contribution < -0.4 is 10.6 Å². The zero-order valence-electron chi connectivity index (χ0n) is 21.0. The van der Waals surface area contributed by atoms with Gasteiger partial charge in [-0.3, -0.25) is 4.79 Å². The number of amides is 1. The minimum absolute atomic E-state index is 0.00902. The first kappa shape index (κ1) is 28.3. The Morgan fingerprint density at radius 3 is 2.51 bits per heavy atom. The van der Waals surface area contributed by atoms with Gasteiger partial charge in [0.25, 0.3) is 0 Å². The van der Waals surface area contributed by atoms with E-state index in [1.54, 1.807) is 12.2 Å². The van der Waals surface area contributed by atoms with Gasteiger partial charge in [0, 0.05) is 66.3 Å². The summed E-state index contributed by atoms with van der Waals surface area (Å²) in [6.45, 7) is 4.44. The second-order valence-electron chi connectivity index (χ2n) is 10.1. The van der Waals surface area contributed by atoms with Crippen LogP contribution in [0, 0.1) is 0 Å². The highest BCUT2D eigenvalue weighted by Crippen LogP contribution is 2.38. The number of rotatable bonds is 9. The molecule has 2 N–H and O–H groups in total. The van der Waals surface area contributed by atoms with E-state index in [0.717, 1.165) is 69.0 Å². The van der Waals surface area contributed by atoms with E-state index in [-0.39, 0.29) is 34.7 Å². The molecule has 1 amide bonds. The zero-order valence-corrected chi connectivity index (χ0v) is 22.6. The summed E-state index contributed by atoms with van der Waals surface area (Å²) in [4.78, 5) is 17.5. The lowest BCUT2D eigenvalue weighted by Crippen LogP contribution is -2.50. The van der Waals surface area contributed by atoms with Crippen molar-refractivity contribution in [1.29, 1.82) is 0 Å². The predicted molar refractivity (Wildman–Crippen MR) is 146 cm³/mol. The molecule has 0 radical (unpaired) electrons. The topological polar surface area (TPSA) is 47.6 Å². The average Bonchev–Trinajstić information content (AvgIpc) is 2.87. The Morgan fingerprint density at radius 2 is 1.84 bits per heavy atom. The summed E-state index contributed by atoms with van der Waals surface area (Å²) in [5.41, 5.74) is -3.16. The first-order chi connectivity index (χ1) is 17.7. The van der Waals surface area contributed by atoms with Gasteiger partial charge in [-0.05, 0) is 81.1 Å². The minimum atomic E-state index is -4.26. The van der Waals surface area contributed by atoms with Crippen LogP contribution in [0.3, 0.4) is 0 Å². The number of alkyl halides is 3. The fourth-order valence-electron chi connectivity index (χ4n) is 5.27. The van der Waals surface area contributed by atoms with Gasteiger partial charge in [-0.15, -0.1) is 0 Å². The smallest absolute Gasteiger partial charge is 0.382 e. The first-order valence-corrected chi connectivity index (χ1v) is 14.4. The zero-order chi connectivity index (χ0) is 26.3. The van der Waals surface area contributed by atoms with Crippen molar-refractivity contribution in [2.45, 2.75) is 68.6 Å². The molecule has 1 aromatic rings. The Bertz CT molecular complexity index is 948. The van der Waals surface area contributed by atoms with Gasteiger partial charge in [-0.25, -0.2) is 0 Å². The number of thioether (sulfide) groups is 1. The Balaban J connectivity index is 1.11. The maximum absolute atomic E-state index is 12.9. The molecule has 2 saturated heterocycles. The normalized spacial score (nSPS) is 23.7. The molecule has 4 rings (SSSR count). The molecule has 2 fully saturated rings. The lowest BCUT2D eigenvalue weighted by atomic mass is 10.0. The fraction of sp³-hybridized carbons (Fsp3) is 0.593. The Kier molecular flexibility index (Phi) is 10.3. The molecule has 2 unspecified atom stereocenters. The summed E-state index contributed by atoms with van der Waals surface area (Å²) < 4.78 is 37.6. The molecule has 2 atom stereocenters. The number of allylic oxidation sites excluding steroid dienone is 1. The molecule has 37 heavy (non-hydrogen) atoms. The molecule has 0 saturated carbocycles. The molecule has 1 aromatic carbocycles. The van der Waals surface area contributed by atoms with Crippen molar-refractivity contribution >= 4 is 35.0 Å². The van der Waals surface area contributed by atoms with Crippen LogP contribution in [-0.2, 0) is 4.79 Å². The molecular weight excluding hydrogens is 521 g/mol. The van der Waals surface area contributed by atoms with Crippen molar-refractivity contribution in [3.8, 4) is 0 Å². The van der Waals surface area contributed by atoms with E-state index in [0.29, 0.717) is 25.4 Å². The maximum Gasteiger partial charge on any atom is 0.446 e. The number of halogens is 4. The highest BCUT2D eigenvalue weighted by molar-refractivity contribution is 8.04. The molecule has 0 spiro atoms. The third kappa shape index (κ3) is 9.53. The largest absolute Gasteiger partial charge is 0.446 e. The minimum Gasteiger partial charge on any atom is -0.382 e. The molecule has 0 bridgehead atoms. The van der Waals surface area contributed by atoms with Gasteiger partial charge < -0.3 is 20.4 Å². The number of carbonyl (C=O) groups excluding carboxylic acids is 1. The summed E-state index contributed by atoms with van der Waals surface area (Å²) >= 11 is 5.89. The fourth-order valence-corrected chi connectivity index (χ4v) is 5.99. The third-order valence-electron chi connectivity index (χ3n) is 7.19. The summed E-state index contributed by atoms with van der Waals surface area (Å²) in [6.07, 6.45) is 11.0. The molecule has 3 aliphatic rings. The van der Waals surface area contributed by atoms with Gasteiger partial charge in [-0.1, -0.05) is 29.8 Å². The van der Waals surface area contributed by atoms with Crippen LogP contribution in [-0.4, -0.2) is 72.1 Å². The highest BCUT2D eigenvalue weighted by Gasteiger charge is 2.31. The standard InChI is InChI=1S/C27H36ClF3N4OS/c28-20-5-7-21(8-6-20)32-23-13-17-34(18-14-23)15-2-4-26(36)35-16-1-3-24(19-35)33-22-9-11-25(12-10-22)37-27(29,30)31/h5-9,11-12,22-24,32-33H,1-4,10,13-19H2. The quantitative estimate of drug-likeness (QED) is 0.388. The predicted octanol–water partition coefficient (Wildman–Crippen LogP) is 6.04. The number of likely N-dealkylation sites (tertiary alicyclic amines) is 2. The van der Waals surface area contributed by atoms with E-state index in [4.69, 9.17) is 11.6 Å². The van der Waals surface area contributed by atoms with E-state index >= 15 is 0 Å². The molecule has 5 nitrogen and oxygen atoms in total.